The number of fused-ring (bicyclic) bond motifs is 1. The summed E-state index contributed by atoms with van der Waals surface area (Å²) in [6, 6.07) is 6.75. The normalized spacial score (nSPS) is 17.6. The Kier molecular flexibility index (Phi) is 2.93. The molecule has 1 aromatic carbocycles. The molecule has 0 bridgehead atoms. The van der Waals surface area contributed by atoms with Crippen LogP contribution in [0.5, 0.6) is 0 Å². The van der Waals surface area contributed by atoms with Crippen molar-refractivity contribution < 1.29 is 0 Å². The van der Waals surface area contributed by atoms with Crippen LogP contribution in [-0.4, -0.2) is 11.4 Å². The van der Waals surface area contributed by atoms with Gasteiger partial charge in [0.15, 0.2) is 0 Å². The molecule has 92 valence electrons. The van der Waals surface area contributed by atoms with Gasteiger partial charge in [0.1, 0.15) is 0 Å². The lowest BCUT2D eigenvalue weighted by Gasteiger charge is -2.22. The molecule has 0 spiro atoms. The summed E-state index contributed by atoms with van der Waals surface area (Å²) in [4.78, 5) is 2.19. The zero-order valence-corrected chi connectivity index (χ0v) is 10.5. The molecule has 18 heavy (non-hydrogen) atoms. The minimum Gasteiger partial charge on any atom is -0.385 e. The van der Waals surface area contributed by atoms with Gasteiger partial charge >= 0.3 is 0 Å². The summed E-state index contributed by atoms with van der Waals surface area (Å²) in [5.74, 6) is 0. The molecule has 2 nitrogen and oxygen atoms in total. The molecule has 0 saturated heterocycles. The molecule has 0 aromatic heterocycles. The molecule has 2 heterocycles. The van der Waals surface area contributed by atoms with E-state index in [9.17, 15) is 0 Å². The molecular weight excluding hydrogens is 220 g/mol. The van der Waals surface area contributed by atoms with Crippen molar-refractivity contribution in [2.75, 3.05) is 11.9 Å². The molecule has 3 rings (SSSR count). The summed E-state index contributed by atoms with van der Waals surface area (Å²) in [5.41, 5.74) is 5.18. The van der Waals surface area contributed by atoms with Crippen molar-refractivity contribution in [3.05, 3.63) is 66.0 Å². The lowest BCUT2D eigenvalue weighted by molar-refractivity contribution is 0.497. The molecule has 0 radical (unpaired) electrons. The van der Waals surface area contributed by atoms with Crippen LogP contribution >= 0.6 is 0 Å². The number of hydrogen-bond acceptors (Lipinski definition) is 2. The van der Waals surface area contributed by atoms with Crippen LogP contribution in [0.3, 0.4) is 0 Å². The van der Waals surface area contributed by atoms with Gasteiger partial charge in [0, 0.05) is 31.2 Å². The van der Waals surface area contributed by atoms with Crippen LogP contribution in [0.2, 0.25) is 0 Å². The van der Waals surface area contributed by atoms with Crippen LogP contribution in [-0.2, 0) is 13.0 Å². The van der Waals surface area contributed by atoms with Gasteiger partial charge in [-0.05, 0) is 47.8 Å². The Labute approximate surface area is 108 Å². The van der Waals surface area contributed by atoms with E-state index in [1.54, 1.807) is 0 Å². The fraction of sp³-hybridized carbons (Fsp3) is 0.250. The Balaban J connectivity index is 1.75. The maximum absolute atomic E-state index is 3.90. The van der Waals surface area contributed by atoms with Gasteiger partial charge in [-0.25, -0.2) is 0 Å². The van der Waals surface area contributed by atoms with E-state index in [0.717, 1.165) is 18.7 Å². The molecule has 0 amide bonds. The van der Waals surface area contributed by atoms with Crippen molar-refractivity contribution in [3.63, 3.8) is 0 Å². The third-order valence-electron chi connectivity index (χ3n) is 3.43. The van der Waals surface area contributed by atoms with E-state index < -0.39 is 0 Å². The summed E-state index contributed by atoms with van der Waals surface area (Å²) < 4.78 is 0. The minimum atomic E-state index is 0.924. The molecule has 0 aliphatic carbocycles. The van der Waals surface area contributed by atoms with Crippen LogP contribution in [0.4, 0.5) is 5.69 Å². The van der Waals surface area contributed by atoms with Crippen molar-refractivity contribution in [1.29, 1.82) is 0 Å². The van der Waals surface area contributed by atoms with Gasteiger partial charge in [-0.1, -0.05) is 18.7 Å². The topological polar surface area (TPSA) is 15.3 Å². The van der Waals surface area contributed by atoms with Crippen molar-refractivity contribution in [2.45, 2.75) is 19.4 Å². The summed E-state index contributed by atoms with van der Waals surface area (Å²) in [5, 5.41) is 3.45. The van der Waals surface area contributed by atoms with E-state index in [1.807, 2.05) is 12.2 Å². The average molecular weight is 238 g/mol. The highest BCUT2D eigenvalue weighted by atomic mass is 15.1. The van der Waals surface area contributed by atoms with Crippen LogP contribution in [0.1, 0.15) is 17.5 Å². The Morgan fingerprint density at radius 2 is 2.06 bits per heavy atom. The van der Waals surface area contributed by atoms with Gasteiger partial charge in [-0.2, -0.15) is 0 Å². The Morgan fingerprint density at radius 1 is 1.22 bits per heavy atom. The third-order valence-corrected chi connectivity index (χ3v) is 3.43. The van der Waals surface area contributed by atoms with Crippen molar-refractivity contribution in [3.8, 4) is 0 Å². The molecule has 1 N–H and O–H groups in total. The van der Waals surface area contributed by atoms with E-state index in [0.29, 0.717) is 0 Å². The SMILES string of the molecule is C=C1C=CN(Cc2ccc3c(c2)CCCN3)C=C1. The largest absolute Gasteiger partial charge is 0.385 e. The van der Waals surface area contributed by atoms with Gasteiger partial charge < -0.3 is 10.2 Å². The summed E-state index contributed by atoms with van der Waals surface area (Å²) in [7, 11) is 0. The average Bonchev–Trinajstić information content (AvgIpc) is 2.41. The number of nitrogens with zero attached hydrogens (tertiary/aromatic N) is 1. The first-order chi connectivity index (χ1) is 8.81. The molecule has 2 aliphatic heterocycles. The molecule has 0 saturated carbocycles. The highest BCUT2D eigenvalue weighted by molar-refractivity contribution is 5.54. The number of allylic oxidation sites excluding steroid dienone is 3. The second kappa shape index (κ2) is 4.73. The van der Waals surface area contributed by atoms with Crippen LogP contribution in [0.25, 0.3) is 0 Å². The van der Waals surface area contributed by atoms with Gasteiger partial charge in [-0.3, -0.25) is 0 Å². The van der Waals surface area contributed by atoms with Crippen LogP contribution < -0.4 is 5.32 Å². The summed E-state index contributed by atoms with van der Waals surface area (Å²) in [6.07, 6.45) is 10.7. The Hall–Kier alpha value is -1.96. The van der Waals surface area contributed by atoms with E-state index >= 15 is 0 Å². The van der Waals surface area contributed by atoms with Gasteiger partial charge in [0.2, 0.25) is 0 Å². The van der Waals surface area contributed by atoms with Gasteiger partial charge in [0.05, 0.1) is 0 Å². The highest BCUT2D eigenvalue weighted by Crippen LogP contribution is 2.24. The smallest absolute Gasteiger partial charge is 0.0470 e. The summed E-state index contributed by atoms with van der Waals surface area (Å²) in [6.45, 7) is 5.93. The highest BCUT2D eigenvalue weighted by Gasteiger charge is 2.09. The number of nitrogens with one attached hydrogen (secondary N) is 1. The standard InChI is InChI=1S/C16H18N2/c1-13-6-9-18(10-7-13)12-14-4-5-16-15(11-14)3-2-8-17-16/h4-7,9-11,17H,1-3,8,12H2. The maximum atomic E-state index is 3.90. The van der Waals surface area contributed by atoms with E-state index in [-0.39, 0.29) is 0 Å². The number of benzene rings is 1. The number of anilines is 1. The lowest BCUT2D eigenvalue weighted by Crippen LogP contribution is -2.14. The number of hydrogen-bond donors (Lipinski definition) is 1. The second-order valence-electron chi connectivity index (χ2n) is 4.90. The molecule has 0 atom stereocenters. The first-order valence-corrected chi connectivity index (χ1v) is 6.48. The summed E-state index contributed by atoms with van der Waals surface area (Å²) >= 11 is 0. The molecule has 1 aromatic rings. The van der Waals surface area contributed by atoms with Crippen molar-refractivity contribution >= 4 is 5.69 Å². The number of aryl methyl sites for hydroxylation is 1. The maximum Gasteiger partial charge on any atom is 0.0470 e. The molecular formula is C16H18N2. The fourth-order valence-corrected chi connectivity index (χ4v) is 2.43. The predicted octanol–water partition coefficient (Wildman–Crippen LogP) is 3.44. The lowest BCUT2D eigenvalue weighted by atomic mass is 10.0. The number of rotatable bonds is 2. The van der Waals surface area contributed by atoms with Gasteiger partial charge in [0.25, 0.3) is 0 Å². The first-order valence-electron chi connectivity index (χ1n) is 6.48. The second-order valence-corrected chi connectivity index (χ2v) is 4.90. The fourth-order valence-electron chi connectivity index (χ4n) is 2.43. The zero-order valence-electron chi connectivity index (χ0n) is 10.5. The monoisotopic (exact) mass is 238 g/mol. The molecule has 0 unspecified atom stereocenters. The molecule has 2 aliphatic rings. The van der Waals surface area contributed by atoms with E-state index in [4.69, 9.17) is 0 Å². The minimum absolute atomic E-state index is 0.924. The van der Waals surface area contributed by atoms with Crippen molar-refractivity contribution in [2.24, 2.45) is 0 Å². The van der Waals surface area contributed by atoms with E-state index in [2.05, 4.69) is 47.4 Å². The zero-order chi connectivity index (χ0) is 12.4. The Bertz CT molecular complexity index is 510. The third kappa shape index (κ3) is 2.33. The molecule has 2 heteroatoms. The Morgan fingerprint density at radius 3 is 2.89 bits per heavy atom. The predicted molar refractivity (Wildman–Crippen MR) is 76.2 cm³/mol. The van der Waals surface area contributed by atoms with Crippen LogP contribution in [0.15, 0.2) is 54.9 Å². The van der Waals surface area contributed by atoms with Gasteiger partial charge in [-0.15, -0.1) is 0 Å². The van der Waals surface area contributed by atoms with E-state index in [1.165, 1.54) is 29.7 Å². The van der Waals surface area contributed by atoms with Crippen LogP contribution in [0, 0.1) is 0 Å². The quantitative estimate of drug-likeness (QED) is 0.849. The molecule has 0 fully saturated rings. The van der Waals surface area contributed by atoms with Crippen molar-refractivity contribution in [1.82, 2.24) is 4.90 Å². The first kappa shape index (κ1) is 11.1.